The van der Waals surface area contributed by atoms with E-state index in [-0.39, 0.29) is 29.5 Å². The largest absolute Gasteiger partial charge is 0.382 e. The molecule has 0 radical (unpaired) electrons. The van der Waals surface area contributed by atoms with E-state index >= 15 is 0 Å². The van der Waals surface area contributed by atoms with Gasteiger partial charge in [0.1, 0.15) is 0 Å². The Morgan fingerprint density at radius 3 is 2.90 bits per heavy atom. The molecule has 0 spiro atoms. The maximum atomic E-state index is 12.8. The molecular formula is C19H29N7O3S. The smallest absolute Gasteiger partial charge is 0.279 e. The second-order valence-electron chi connectivity index (χ2n) is 6.80. The van der Waals surface area contributed by atoms with Crippen molar-refractivity contribution in [3.8, 4) is 0 Å². The molecular weight excluding hydrogens is 406 g/mol. The van der Waals surface area contributed by atoms with Gasteiger partial charge in [-0.15, -0.1) is 0 Å². The molecule has 0 bridgehead atoms. The summed E-state index contributed by atoms with van der Waals surface area (Å²) in [5.74, 6) is -0.0859. The van der Waals surface area contributed by atoms with E-state index in [4.69, 9.17) is 5.73 Å². The molecule has 0 saturated heterocycles. The first kappa shape index (κ1) is 20.0. The van der Waals surface area contributed by atoms with E-state index in [1.807, 2.05) is 24.3 Å². The van der Waals surface area contributed by atoms with Gasteiger partial charge in [-0.3, -0.25) is 9.89 Å². The Labute approximate surface area is 179 Å². The van der Waals surface area contributed by atoms with Crippen LogP contribution in [0.25, 0.3) is 16.5 Å². The first-order chi connectivity index (χ1) is 14.4. The molecule has 10 nitrogen and oxygen atoms in total. The Balaban J connectivity index is 0.00000272. The number of nitrogens with one attached hydrogen (secondary N) is 2. The third kappa shape index (κ3) is 3.76. The van der Waals surface area contributed by atoms with Crippen LogP contribution in [0.4, 0.5) is 11.6 Å². The number of aromatic amines is 1. The molecule has 1 aromatic carbocycles. The summed E-state index contributed by atoms with van der Waals surface area (Å²) in [5, 5.41) is 10.5. The number of fused-ring (bicyclic) bond motifs is 1. The topological polar surface area (TPSA) is 147 Å². The van der Waals surface area contributed by atoms with Gasteiger partial charge < -0.3 is 11.1 Å². The maximum Gasteiger partial charge on any atom is 0.279 e. The lowest BCUT2D eigenvalue weighted by atomic mass is 10.1. The summed E-state index contributed by atoms with van der Waals surface area (Å²) < 4.78 is 25.5. The van der Waals surface area contributed by atoms with Gasteiger partial charge in [0.25, 0.3) is 5.91 Å². The second-order valence-corrected chi connectivity index (χ2v) is 9.06. The number of carbonyl (C=O) groups is 1. The lowest BCUT2D eigenvalue weighted by Gasteiger charge is -2.25. The number of nitrogens with two attached hydrogens (primary N) is 1. The van der Waals surface area contributed by atoms with E-state index in [1.165, 1.54) is 10.5 Å². The highest BCUT2D eigenvalue weighted by Gasteiger charge is 2.24. The standard InChI is InChI=1S/C19H21N7O3S.4H2/c1-2-30(28,29)26-9-7-12(8-10-26)15-11-21-17(20)16(22-15)19(27)23-18-13-5-3-4-6-14(13)24-25-18;;;;/h3-7,11H,2,8-10H2,1H3,(H2,20,21)(H2,23,24,25,27);4*1H. The van der Waals surface area contributed by atoms with Crippen molar-refractivity contribution in [2.24, 2.45) is 0 Å². The normalized spacial score (nSPS) is 15.2. The van der Waals surface area contributed by atoms with Gasteiger partial charge in [-0.05, 0) is 31.1 Å². The van der Waals surface area contributed by atoms with Crippen molar-refractivity contribution in [1.82, 2.24) is 24.5 Å². The van der Waals surface area contributed by atoms with Gasteiger partial charge in [0.15, 0.2) is 17.3 Å². The lowest BCUT2D eigenvalue weighted by molar-refractivity contribution is 0.102. The zero-order valence-corrected chi connectivity index (χ0v) is 17.1. The van der Waals surface area contributed by atoms with Crippen LogP contribution in [0.5, 0.6) is 0 Å². The molecule has 11 heteroatoms. The summed E-state index contributed by atoms with van der Waals surface area (Å²) in [4.78, 5) is 21.3. The Morgan fingerprint density at radius 1 is 1.37 bits per heavy atom. The lowest BCUT2D eigenvalue weighted by Crippen LogP contribution is -2.35. The summed E-state index contributed by atoms with van der Waals surface area (Å²) in [6.07, 6.45) is 3.76. The second kappa shape index (κ2) is 7.84. The zero-order valence-electron chi connectivity index (χ0n) is 16.3. The molecule has 1 aliphatic heterocycles. The number of para-hydroxylation sites is 1. The summed E-state index contributed by atoms with van der Waals surface area (Å²) in [7, 11) is -3.24. The van der Waals surface area contributed by atoms with Gasteiger partial charge in [0.05, 0.1) is 23.2 Å². The number of amides is 1. The number of benzene rings is 1. The predicted octanol–water partition coefficient (Wildman–Crippen LogP) is 2.61. The van der Waals surface area contributed by atoms with Crippen molar-refractivity contribution in [3.05, 3.63) is 47.9 Å². The van der Waals surface area contributed by atoms with E-state index in [2.05, 4.69) is 25.5 Å². The molecule has 3 aromatic rings. The Morgan fingerprint density at radius 2 is 2.17 bits per heavy atom. The third-order valence-electron chi connectivity index (χ3n) is 4.98. The fourth-order valence-electron chi connectivity index (χ4n) is 3.26. The predicted molar refractivity (Wildman–Crippen MR) is 123 cm³/mol. The van der Waals surface area contributed by atoms with Crippen molar-refractivity contribution in [1.29, 1.82) is 0 Å². The fraction of sp³-hybridized carbons (Fsp3) is 0.263. The van der Waals surface area contributed by atoms with Crippen LogP contribution in [0.2, 0.25) is 0 Å². The highest BCUT2D eigenvalue weighted by Crippen LogP contribution is 2.24. The van der Waals surface area contributed by atoms with E-state index < -0.39 is 15.9 Å². The van der Waals surface area contributed by atoms with Crippen molar-refractivity contribution < 1.29 is 18.9 Å². The van der Waals surface area contributed by atoms with Gasteiger partial charge in [0.2, 0.25) is 10.0 Å². The van der Waals surface area contributed by atoms with Gasteiger partial charge in [-0.25, -0.2) is 18.4 Å². The first-order valence-electron chi connectivity index (χ1n) is 9.43. The average molecular weight is 436 g/mol. The van der Waals surface area contributed by atoms with E-state index in [9.17, 15) is 13.2 Å². The molecule has 2 aromatic heterocycles. The van der Waals surface area contributed by atoms with Crippen LogP contribution in [0.3, 0.4) is 0 Å². The highest BCUT2D eigenvalue weighted by molar-refractivity contribution is 7.89. The Hall–Kier alpha value is -3.31. The van der Waals surface area contributed by atoms with Crippen LogP contribution in [0.1, 0.15) is 35.2 Å². The molecule has 0 aliphatic carbocycles. The van der Waals surface area contributed by atoms with Gasteiger partial charge in [0, 0.05) is 24.2 Å². The molecule has 164 valence electrons. The van der Waals surface area contributed by atoms with E-state index in [0.29, 0.717) is 24.5 Å². The first-order valence-corrected chi connectivity index (χ1v) is 11.0. The number of sulfonamides is 1. The molecule has 0 atom stereocenters. The SMILES string of the molecule is CCS(=O)(=O)N1CC=C(c2cnc(N)c(C(=O)Nc3n[nH]c4ccccc34)n2)CC1.[HH].[HH].[HH].[HH]. The van der Waals surface area contributed by atoms with Crippen LogP contribution >= 0.6 is 0 Å². The van der Waals surface area contributed by atoms with Gasteiger partial charge >= 0.3 is 0 Å². The molecule has 4 N–H and O–H groups in total. The van der Waals surface area contributed by atoms with Crippen molar-refractivity contribution in [3.63, 3.8) is 0 Å². The monoisotopic (exact) mass is 435 g/mol. The number of carbonyl (C=O) groups excluding carboxylic acids is 1. The fourth-order valence-corrected chi connectivity index (χ4v) is 4.30. The van der Waals surface area contributed by atoms with E-state index in [1.54, 1.807) is 13.0 Å². The number of nitrogens with zero attached hydrogens (tertiary/aromatic N) is 4. The van der Waals surface area contributed by atoms with Crippen LogP contribution in [0, 0.1) is 0 Å². The number of hydrogen-bond donors (Lipinski definition) is 3. The third-order valence-corrected chi connectivity index (χ3v) is 6.83. The molecule has 3 heterocycles. The summed E-state index contributed by atoms with van der Waals surface area (Å²) in [6.45, 7) is 2.24. The minimum absolute atomic E-state index is 0. The molecule has 1 amide bonds. The number of nitrogen functional groups attached to an aromatic ring is 1. The number of aromatic nitrogens is 4. The maximum absolute atomic E-state index is 12.8. The van der Waals surface area contributed by atoms with Crippen LogP contribution < -0.4 is 11.1 Å². The van der Waals surface area contributed by atoms with Crippen molar-refractivity contribution >= 4 is 44.0 Å². The van der Waals surface area contributed by atoms with Crippen LogP contribution in [0.15, 0.2) is 36.5 Å². The molecule has 0 unspecified atom stereocenters. The van der Waals surface area contributed by atoms with Crippen LogP contribution in [-0.2, 0) is 10.0 Å². The number of rotatable bonds is 5. The molecule has 30 heavy (non-hydrogen) atoms. The summed E-state index contributed by atoms with van der Waals surface area (Å²) in [6, 6.07) is 7.40. The number of H-pyrrole nitrogens is 1. The van der Waals surface area contributed by atoms with Gasteiger partial charge in [-0.2, -0.15) is 9.40 Å². The zero-order chi connectivity index (χ0) is 21.3. The highest BCUT2D eigenvalue weighted by atomic mass is 32.2. The van der Waals surface area contributed by atoms with E-state index in [0.717, 1.165) is 16.5 Å². The number of hydrogen-bond acceptors (Lipinski definition) is 7. The van der Waals surface area contributed by atoms with Crippen molar-refractivity contribution in [2.75, 3.05) is 29.9 Å². The molecule has 0 saturated carbocycles. The van der Waals surface area contributed by atoms with Crippen LogP contribution in [-0.4, -0.2) is 57.6 Å². The minimum atomic E-state index is -3.24. The quantitative estimate of drug-likeness (QED) is 0.558. The minimum Gasteiger partial charge on any atom is -0.382 e. The summed E-state index contributed by atoms with van der Waals surface area (Å²) >= 11 is 0. The molecule has 1 aliphatic rings. The average Bonchev–Trinajstić information content (AvgIpc) is 3.17. The van der Waals surface area contributed by atoms with Crippen molar-refractivity contribution in [2.45, 2.75) is 13.3 Å². The summed E-state index contributed by atoms with van der Waals surface area (Å²) in [5.41, 5.74) is 7.99. The Bertz CT molecular complexity index is 1270. The van der Waals surface area contributed by atoms with Gasteiger partial charge in [-0.1, -0.05) is 18.2 Å². The number of anilines is 2. The molecule has 4 rings (SSSR count). The Kier molecular flexibility index (Phi) is 5.22. The molecule has 0 fully saturated rings.